The number of hydrogen-bond donors (Lipinski definition) is 0. The van der Waals surface area contributed by atoms with Gasteiger partial charge in [-0.3, -0.25) is 11.8 Å². The van der Waals surface area contributed by atoms with E-state index in [1.54, 1.807) is 0 Å². The van der Waals surface area contributed by atoms with Gasteiger partial charge in [-0.2, -0.15) is 0 Å². The summed E-state index contributed by atoms with van der Waals surface area (Å²) in [6, 6.07) is 94.1. The molecule has 10 aromatic carbocycles. The van der Waals surface area contributed by atoms with Crippen molar-refractivity contribution in [3.8, 4) is 23.2 Å². The Kier molecular flexibility index (Phi) is 18.0. The fourth-order valence-corrected chi connectivity index (χ4v) is 15.7. The molecule has 12 aromatic rings. The number of rotatable bonds is 9. The second kappa shape index (κ2) is 25.1. The molecule has 2 nitrogen and oxygen atoms in total. The Hall–Kier alpha value is -6.74. The van der Waals surface area contributed by atoms with E-state index in [2.05, 4.69) is 251 Å². The van der Waals surface area contributed by atoms with Crippen LogP contribution in [0.4, 0.5) is 0 Å². The van der Waals surface area contributed by atoms with E-state index in [4.69, 9.17) is 12.8 Å². The van der Waals surface area contributed by atoms with Gasteiger partial charge in [0.25, 0.3) is 0 Å². The van der Waals surface area contributed by atoms with Gasteiger partial charge in [0.1, 0.15) is 12.3 Å². The molecule has 354 valence electrons. The quantitative estimate of drug-likeness (QED) is 0.0590. The summed E-state index contributed by atoms with van der Waals surface area (Å²) in [5.74, 6) is 4.95. The Morgan fingerprint density at radius 3 is 0.861 bits per heavy atom. The van der Waals surface area contributed by atoms with Crippen LogP contribution in [-0.4, -0.2) is 21.5 Å². The van der Waals surface area contributed by atoms with Crippen LogP contribution in [0.25, 0.3) is 55.0 Å². The van der Waals surface area contributed by atoms with Gasteiger partial charge in [-0.05, 0) is 95.7 Å². The van der Waals surface area contributed by atoms with Crippen molar-refractivity contribution in [3.63, 3.8) is 0 Å². The molecule has 0 amide bonds. The fourth-order valence-electron chi connectivity index (χ4n) is 9.53. The summed E-state index contributed by atoms with van der Waals surface area (Å²) in [6.45, 7) is 0. The second-order valence-corrected chi connectivity index (χ2v) is 22.2. The Bertz CT molecular complexity index is 3410. The molecule has 0 saturated carbocycles. The molecule has 0 unspecified atom stereocenters. The molecule has 0 spiro atoms. The summed E-state index contributed by atoms with van der Waals surface area (Å²) in [5.41, 5.74) is 8.58. The monoisotopic (exact) mass is 1330 g/mol. The van der Waals surface area contributed by atoms with E-state index in [1.807, 2.05) is 36.4 Å². The minimum Gasteiger partial charge on any atom is -0.366 e. The van der Waals surface area contributed by atoms with Gasteiger partial charge in [-0.1, -0.05) is 158 Å². The Labute approximate surface area is 457 Å². The van der Waals surface area contributed by atoms with Crippen LogP contribution in [0.15, 0.2) is 267 Å². The van der Waals surface area contributed by atoms with Crippen LogP contribution >= 0.6 is 15.8 Å². The average molecular weight is 1330 g/mol. The van der Waals surface area contributed by atoms with Crippen LogP contribution < -0.4 is 21.2 Å². The Morgan fingerprint density at radius 1 is 0.292 bits per heavy atom. The molecule has 0 aliphatic carbocycles. The van der Waals surface area contributed by atoms with Gasteiger partial charge >= 0.3 is 44.8 Å². The van der Waals surface area contributed by atoms with Crippen LogP contribution in [0.5, 0.6) is 0 Å². The molecular formula is C66H50Au2N2P2+2. The van der Waals surface area contributed by atoms with Crippen molar-refractivity contribution in [1.29, 1.82) is 0 Å². The number of fused-ring (bicyclic) bond motifs is 6. The van der Waals surface area contributed by atoms with Crippen LogP contribution in [-0.2, 0) is 44.8 Å². The summed E-state index contributed by atoms with van der Waals surface area (Å²) in [4.78, 5) is 0. The van der Waals surface area contributed by atoms with Gasteiger partial charge in [0.15, 0.2) is 0 Å². The normalized spacial score (nSPS) is 10.6. The van der Waals surface area contributed by atoms with E-state index in [0.717, 1.165) is 44.3 Å². The maximum atomic E-state index is 7.34. The van der Waals surface area contributed by atoms with Crippen molar-refractivity contribution < 1.29 is 44.8 Å². The SMILES string of the molecule is [Au+].[Au+].[C-]#Cc1ccc2c(c1)c1ccccc1n2-c1ccccc1.[C-]#Cc1ccc2c(c1)c1ccccc1n2-c1ccccc1.c1ccc([PH+](CC[PH+](c2ccccc2)c2ccccc2)c2ccccc2)cc1. The zero-order valence-corrected chi connectivity index (χ0v) is 45.6. The van der Waals surface area contributed by atoms with Crippen molar-refractivity contribution in [2.45, 2.75) is 0 Å². The molecule has 0 aliphatic rings. The largest absolute Gasteiger partial charge is 1.00 e. The molecule has 12 rings (SSSR count). The number of hydrogen-bond acceptors (Lipinski definition) is 0. The molecular weight excluding hydrogens is 1280 g/mol. The topological polar surface area (TPSA) is 9.86 Å². The first-order chi connectivity index (χ1) is 34.7. The van der Waals surface area contributed by atoms with Crippen molar-refractivity contribution in [3.05, 3.63) is 291 Å². The maximum Gasteiger partial charge on any atom is 1.00 e. The fraction of sp³-hybridized carbons (Fsp3) is 0.0303. The van der Waals surface area contributed by atoms with Crippen molar-refractivity contribution >= 4 is 80.7 Å². The van der Waals surface area contributed by atoms with Crippen molar-refractivity contribution in [2.24, 2.45) is 0 Å². The summed E-state index contributed by atoms with van der Waals surface area (Å²) in [5, 5.41) is 10.8. The number of nitrogens with zero attached hydrogens (tertiary/aromatic N) is 2. The zero-order valence-electron chi connectivity index (χ0n) is 39.3. The van der Waals surface area contributed by atoms with Gasteiger partial charge in [-0.15, -0.1) is 35.4 Å². The summed E-state index contributed by atoms with van der Waals surface area (Å²) < 4.78 is 4.52. The maximum absolute atomic E-state index is 7.34. The first kappa shape index (κ1) is 51.6. The van der Waals surface area contributed by atoms with E-state index in [1.165, 1.54) is 55.3 Å². The third-order valence-electron chi connectivity index (χ3n) is 12.8. The minimum atomic E-state index is -0.783. The van der Waals surface area contributed by atoms with Gasteiger partial charge in [0.2, 0.25) is 0 Å². The van der Waals surface area contributed by atoms with Crippen molar-refractivity contribution in [2.75, 3.05) is 12.3 Å². The summed E-state index contributed by atoms with van der Waals surface area (Å²) >= 11 is 0. The van der Waals surface area contributed by atoms with E-state index >= 15 is 0 Å². The van der Waals surface area contributed by atoms with E-state index in [0.29, 0.717) is 0 Å². The van der Waals surface area contributed by atoms with Crippen molar-refractivity contribution in [1.82, 2.24) is 9.13 Å². The van der Waals surface area contributed by atoms with Gasteiger partial charge in [0, 0.05) is 22.1 Å². The third-order valence-corrected chi connectivity index (χ3v) is 18.9. The molecule has 0 N–H and O–H groups in total. The zero-order chi connectivity index (χ0) is 47.5. The van der Waals surface area contributed by atoms with Crippen LogP contribution in [0.2, 0.25) is 0 Å². The van der Waals surface area contributed by atoms with Gasteiger partial charge in [0.05, 0.1) is 59.1 Å². The number of aromatic nitrogens is 2. The minimum absolute atomic E-state index is 0. The molecule has 6 heteroatoms. The summed E-state index contributed by atoms with van der Waals surface area (Å²) in [7, 11) is -1.57. The van der Waals surface area contributed by atoms with Crippen LogP contribution in [0, 0.1) is 24.7 Å². The predicted molar refractivity (Wildman–Crippen MR) is 305 cm³/mol. The number of benzene rings is 10. The Balaban J connectivity index is 0.000000144. The van der Waals surface area contributed by atoms with Gasteiger partial charge < -0.3 is 22.0 Å². The molecule has 0 fully saturated rings. The standard InChI is InChI=1S/C26H24P2.2C20H12N.2Au/c1-5-13-23(14-6-1)27(24-15-7-2-8-16-24)21-22-28(25-17-9-3-10-18-25)26-19-11-4-12-20-26;2*1-2-15-12-13-20-18(14-15)17-10-6-7-11-19(17)21(20)16-8-4-3-5-9-16;;/h1-20H,21-22H2;2*3-14H;;/q;2*-1;2*+1/p+2. The third kappa shape index (κ3) is 11.5. The summed E-state index contributed by atoms with van der Waals surface area (Å²) in [6.07, 6.45) is 17.2. The first-order valence-corrected chi connectivity index (χ1v) is 27.1. The first-order valence-electron chi connectivity index (χ1n) is 23.6. The van der Waals surface area contributed by atoms with Crippen LogP contribution in [0.3, 0.4) is 0 Å². The molecule has 0 saturated heterocycles. The average Bonchev–Trinajstić information content (AvgIpc) is 3.96. The Morgan fingerprint density at radius 2 is 0.556 bits per heavy atom. The smallest absolute Gasteiger partial charge is 0.366 e. The van der Waals surface area contributed by atoms with Crippen LogP contribution in [0.1, 0.15) is 11.1 Å². The second-order valence-electron chi connectivity index (χ2n) is 17.0. The van der Waals surface area contributed by atoms with Gasteiger partial charge in [-0.25, -0.2) is 0 Å². The molecule has 0 aliphatic heterocycles. The predicted octanol–water partition coefficient (Wildman–Crippen LogP) is 14.2. The number of para-hydroxylation sites is 4. The molecule has 72 heavy (non-hydrogen) atoms. The molecule has 2 aromatic heterocycles. The molecule has 2 heterocycles. The van der Waals surface area contributed by atoms with E-state index in [9.17, 15) is 0 Å². The molecule has 0 bridgehead atoms. The van der Waals surface area contributed by atoms with E-state index < -0.39 is 15.8 Å². The molecule has 0 atom stereocenters. The molecule has 0 radical (unpaired) electrons. The van der Waals surface area contributed by atoms with E-state index in [-0.39, 0.29) is 44.8 Å².